The summed E-state index contributed by atoms with van der Waals surface area (Å²) in [4.78, 5) is 11.6. The van der Waals surface area contributed by atoms with Gasteiger partial charge < -0.3 is 4.74 Å². The zero-order valence-electron chi connectivity index (χ0n) is 8.42. The van der Waals surface area contributed by atoms with Crippen molar-refractivity contribution in [1.82, 2.24) is 0 Å². The minimum absolute atomic E-state index is 0.00919. The number of hydrogen-bond acceptors (Lipinski definition) is 2. The molecular weight excluding hydrogens is 324 g/mol. The van der Waals surface area contributed by atoms with Gasteiger partial charge in [0.05, 0.1) is 15.8 Å². The normalized spacial score (nSPS) is 32.4. The summed E-state index contributed by atoms with van der Waals surface area (Å²) in [5, 5.41) is 0. The summed E-state index contributed by atoms with van der Waals surface area (Å²) in [7, 11) is 0. The number of allylic oxidation sites excluding steroid dienone is 1. The van der Waals surface area contributed by atoms with Gasteiger partial charge in [-0.1, -0.05) is 44.0 Å². The quantitative estimate of drug-likeness (QED) is 0.448. The van der Waals surface area contributed by atoms with Gasteiger partial charge in [0.25, 0.3) is 0 Å². The van der Waals surface area contributed by atoms with Gasteiger partial charge in [0.2, 0.25) is 0 Å². The Labute approximate surface area is 107 Å². The van der Waals surface area contributed by atoms with Crippen molar-refractivity contribution in [2.45, 2.75) is 28.9 Å². The predicted molar refractivity (Wildman–Crippen MR) is 66.1 cm³/mol. The highest BCUT2D eigenvalue weighted by Gasteiger charge is 2.56. The van der Waals surface area contributed by atoms with Crippen LogP contribution in [0.1, 0.15) is 25.7 Å². The topological polar surface area (TPSA) is 26.3 Å². The molecule has 0 aliphatic heterocycles. The van der Waals surface area contributed by atoms with Crippen LogP contribution in [0.2, 0.25) is 0 Å². The molecule has 2 rings (SSSR count). The van der Waals surface area contributed by atoms with Gasteiger partial charge in [-0.15, -0.1) is 0 Å². The number of ether oxygens (including phenoxy) is 1. The van der Waals surface area contributed by atoms with Gasteiger partial charge in [-0.2, -0.15) is 0 Å². The van der Waals surface area contributed by atoms with E-state index in [0.717, 1.165) is 12.8 Å². The third-order valence-corrected chi connectivity index (χ3v) is 4.66. The van der Waals surface area contributed by atoms with Crippen LogP contribution in [-0.2, 0) is 9.53 Å². The second-order valence-corrected chi connectivity index (χ2v) is 8.16. The third kappa shape index (κ3) is 3.06. The van der Waals surface area contributed by atoms with Crippen molar-refractivity contribution in [3.05, 3.63) is 12.2 Å². The van der Waals surface area contributed by atoms with Crippen molar-refractivity contribution in [3.8, 4) is 0 Å². The molecule has 0 N–H and O–H groups in total. The number of halogens is 2. The molecule has 0 aromatic heterocycles. The molecule has 2 nitrogen and oxygen atoms in total. The van der Waals surface area contributed by atoms with Crippen molar-refractivity contribution in [2.75, 3.05) is 6.61 Å². The predicted octanol–water partition coefficient (Wildman–Crippen LogP) is 3.39. The van der Waals surface area contributed by atoms with E-state index in [1.165, 1.54) is 12.8 Å². The maximum atomic E-state index is 11.6. The Morgan fingerprint density at radius 3 is 2.80 bits per heavy atom. The zero-order chi connectivity index (χ0) is 10.9. The minimum atomic E-state index is -0.181. The fraction of sp³-hybridized carbons (Fsp3) is 0.727. The number of carbonyl (C=O) groups is 1. The lowest BCUT2D eigenvalue weighted by molar-refractivity contribution is -0.146. The number of hydrogen-bond donors (Lipinski definition) is 0. The highest BCUT2D eigenvalue weighted by atomic mass is 79.9. The average molecular weight is 338 g/mol. The van der Waals surface area contributed by atoms with E-state index < -0.39 is 0 Å². The summed E-state index contributed by atoms with van der Waals surface area (Å²) in [6.45, 7) is 0.544. The number of alkyl halides is 2. The molecule has 2 unspecified atom stereocenters. The molecule has 1 fully saturated rings. The van der Waals surface area contributed by atoms with Crippen molar-refractivity contribution in [2.24, 2.45) is 11.8 Å². The van der Waals surface area contributed by atoms with Crippen LogP contribution < -0.4 is 0 Å². The van der Waals surface area contributed by atoms with Crippen molar-refractivity contribution < 1.29 is 9.53 Å². The van der Waals surface area contributed by atoms with Crippen molar-refractivity contribution >= 4 is 37.8 Å². The maximum Gasteiger partial charge on any atom is 0.311 e. The lowest BCUT2D eigenvalue weighted by Crippen LogP contribution is -2.16. The smallest absolute Gasteiger partial charge is 0.311 e. The molecule has 0 bridgehead atoms. The Bertz CT molecular complexity index is 286. The molecule has 0 radical (unpaired) electrons. The van der Waals surface area contributed by atoms with Gasteiger partial charge >= 0.3 is 5.97 Å². The molecule has 2 aliphatic rings. The summed E-state index contributed by atoms with van der Waals surface area (Å²) < 4.78 is 5.11. The lowest BCUT2D eigenvalue weighted by Gasteiger charge is -2.16. The SMILES string of the molecule is O=C(OCC1C=CCCC1)C1CC1(Br)Br. The molecular formula is C11H14Br2O2. The summed E-state index contributed by atoms with van der Waals surface area (Å²) in [6, 6.07) is 0. The highest BCUT2D eigenvalue weighted by molar-refractivity contribution is 9.25. The molecule has 2 atom stereocenters. The molecule has 0 aromatic carbocycles. The van der Waals surface area contributed by atoms with Crippen LogP contribution in [0, 0.1) is 11.8 Å². The van der Waals surface area contributed by atoms with Gasteiger partial charge in [0.1, 0.15) is 0 Å². The summed E-state index contributed by atoms with van der Waals surface area (Å²) >= 11 is 6.84. The van der Waals surface area contributed by atoms with E-state index in [4.69, 9.17) is 4.74 Å². The van der Waals surface area contributed by atoms with E-state index in [1.54, 1.807) is 0 Å². The molecule has 0 heterocycles. The lowest BCUT2D eigenvalue weighted by atomic mass is 9.97. The van der Waals surface area contributed by atoms with Crippen LogP contribution >= 0.6 is 31.9 Å². The first-order chi connectivity index (χ1) is 7.09. The maximum absolute atomic E-state index is 11.6. The summed E-state index contributed by atoms with van der Waals surface area (Å²) in [5.74, 6) is 0.342. The van der Waals surface area contributed by atoms with Crippen LogP contribution in [0.5, 0.6) is 0 Å². The Kier molecular flexibility index (Phi) is 3.56. The molecule has 15 heavy (non-hydrogen) atoms. The molecule has 0 saturated heterocycles. The fourth-order valence-electron chi connectivity index (χ4n) is 1.78. The van der Waals surface area contributed by atoms with E-state index in [1.807, 2.05) is 0 Å². The van der Waals surface area contributed by atoms with Crippen LogP contribution in [0.3, 0.4) is 0 Å². The fourth-order valence-corrected chi connectivity index (χ4v) is 2.80. The first-order valence-corrected chi connectivity index (χ1v) is 6.89. The minimum Gasteiger partial charge on any atom is -0.465 e. The Balaban J connectivity index is 1.72. The summed E-state index contributed by atoms with van der Waals surface area (Å²) in [5.41, 5.74) is 0. The molecule has 0 amide bonds. The third-order valence-electron chi connectivity index (χ3n) is 2.90. The van der Waals surface area contributed by atoms with E-state index >= 15 is 0 Å². The van der Waals surface area contributed by atoms with Crippen LogP contribution in [0.4, 0.5) is 0 Å². The first-order valence-electron chi connectivity index (χ1n) is 5.31. The van der Waals surface area contributed by atoms with Gasteiger partial charge in [-0.05, 0) is 25.7 Å². The van der Waals surface area contributed by atoms with Gasteiger partial charge in [-0.3, -0.25) is 4.79 Å². The van der Waals surface area contributed by atoms with Gasteiger partial charge in [0.15, 0.2) is 0 Å². The monoisotopic (exact) mass is 336 g/mol. The molecule has 0 spiro atoms. The highest BCUT2D eigenvalue weighted by Crippen LogP contribution is 2.56. The first kappa shape index (κ1) is 11.6. The number of esters is 1. The van der Waals surface area contributed by atoms with Crippen LogP contribution in [0.25, 0.3) is 0 Å². The van der Waals surface area contributed by atoms with Gasteiger partial charge in [0, 0.05) is 5.92 Å². The van der Waals surface area contributed by atoms with E-state index in [-0.39, 0.29) is 15.1 Å². The molecule has 1 saturated carbocycles. The Morgan fingerprint density at radius 1 is 1.53 bits per heavy atom. The zero-order valence-corrected chi connectivity index (χ0v) is 11.6. The number of carbonyl (C=O) groups excluding carboxylic acids is 1. The second-order valence-electron chi connectivity index (χ2n) is 4.27. The Hall–Kier alpha value is 0.170. The summed E-state index contributed by atoms with van der Waals surface area (Å²) in [6.07, 6.45) is 8.69. The number of rotatable bonds is 3. The molecule has 0 aromatic rings. The van der Waals surface area contributed by atoms with Crippen molar-refractivity contribution in [1.29, 1.82) is 0 Å². The molecule has 4 heteroatoms. The Morgan fingerprint density at radius 2 is 2.27 bits per heavy atom. The van der Waals surface area contributed by atoms with Crippen LogP contribution in [0.15, 0.2) is 12.2 Å². The van der Waals surface area contributed by atoms with E-state index in [2.05, 4.69) is 44.0 Å². The van der Waals surface area contributed by atoms with E-state index in [0.29, 0.717) is 12.5 Å². The van der Waals surface area contributed by atoms with Crippen LogP contribution in [-0.4, -0.2) is 15.8 Å². The molecule has 2 aliphatic carbocycles. The van der Waals surface area contributed by atoms with Crippen molar-refractivity contribution in [3.63, 3.8) is 0 Å². The second kappa shape index (κ2) is 4.58. The van der Waals surface area contributed by atoms with Gasteiger partial charge in [-0.25, -0.2) is 0 Å². The molecule has 84 valence electrons. The largest absolute Gasteiger partial charge is 0.465 e. The average Bonchev–Trinajstić information content (AvgIpc) is 2.86. The van der Waals surface area contributed by atoms with E-state index in [9.17, 15) is 4.79 Å². The standard InChI is InChI=1S/C11H14Br2O2/c12-11(13)6-9(11)10(14)15-7-8-4-2-1-3-5-8/h2,4,8-9H,1,3,5-7H2.